The molecule has 0 aliphatic rings. The SMILES string of the molecule is NC(N)=NN=Cc1c(F)cc2ncccc2c1F. The van der Waals surface area contributed by atoms with Crippen LogP contribution in [0, 0.1) is 11.6 Å². The molecule has 7 heteroatoms. The van der Waals surface area contributed by atoms with Crippen LogP contribution in [0.5, 0.6) is 0 Å². The maximum absolute atomic E-state index is 14.0. The minimum absolute atomic E-state index is 0.199. The van der Waals surface area contributed by atoms with Gasteiger partial charge in [0.2, 0.25) is 5.96 Å². The number of aromatic nitrogens is 1. The lowest BCUT2D eigenvalue weighted by atomic mass is 10.1. The molecule has 0 radical (unpaired) electrons. The highest BCUT2D eigenvalue weighted by atomic mass is 19.1. The second-order valence-electron chi connectivity index (χ2n) is 3.43. The molecule has 0 aliphatic heterocycles. The summed E-state index contributed by atoms with van der Waals surface area (Å²) >= 11 is 0. The molecular formula is C11H9F2N5. The van der Waals surface area contributed by atoms with E-state index in [1.807, 2.05) is 0 Å². The number of fused-ring (bicyclic) bond motifs is 1. The molecule has 0 amide bonds. The number of benzene rings is 1. The average molecular weight is 249 g/mol. The van der Waals surface area contributed by atoms with E-state index in [0.29, 0.717) is 0 Å². The summed E-state index contributed by atoms with van der Waals surface area (Å²) in [5.41, 5.74) is 9.99. The second-order valence-corrected chi connectivity index (χ2v) is 3.43. The Bertz CT molecular complexity index is 647. The van der Waals surface area contributed by atoms with E-state index < -0.39 is 11.6 Å². The molecule has 0 bridgehead atoms. The van der Waals surface area contributed by atoms with Crippen molar-refractivity contribution in [1.29, 1.82) is 0 Å². The van der Waals surface area contributed by atoms with Crippen molar-refractivity contribution >= 4 is 23.1 Å². The first-order valence-corrected chi connectivity index (χ1v) is 4.94. The fourth-order valence-corrected chi connectivity index (χ4v) is 1.44. The average Bonchev–Trinajstić information content (AvgIpc) is 2.33. The maximum Gasteiger partial charge on any atom is 0.211 e. The van der Waals surface area contributed by atoms with E-state index in [-0.39, 0.29) is 22.4 Å². The van der Waals surface area contributed by atoms with E-state index in [4.69, 9.17) is 11.5 Å². The molecule has 92 valence electrons. The van der Waals surface area contributed by atoms with Crippen molar-refractivity contribution in [3.63, 3.8) is 0 Å². The summed E-state index contributed by atoms with van der Waals surface area (Å²) in [4.78, 5) is 3.86. The molecule has 4 N–H and O–H groups in total. The largest absolute Gasteiger partial charge is 0.369 e. The molecule has 0 fully saturated rings. The Balaban J connectivity index is 2.57. The first kappa shape index (κ1) is 11.9. The Labute approximate surface area is 101 Å². The Hall–Kier alpha value is -2.57. The zero-order valence-electron chi connectivity index (χ0n) is 9.14. The highest BCUT2D eigenvalue weighted by Gasteiger charge is 2.12. The van der Waals surface area contributed by atoms with Gasteiger partial charge < -0.3 is 11.5 Å². The number of guanidine groups is 1. The van der Waals surface area contributed by atoms with Crippen LogP contribution in [0.4, 0.5) is 8.78 Å². The quantitative estimate of drug-likeness (QED) is 0.474. The van der Waals surface area contributed by atoms with Gasteiger partial charge in [0.15, 0.2) is 0 Å². The molecule has 1 heterocycles. The molecule has 18 heavy (non-hydrogen) atoms. The lowest BCUT2D eigenvalue weighted by Crippen LogP contribution is -2.21. The lowest BCUT2D eigenvalue weighted by Gasteiger charge is -2.03. The van der Waals surface area contributed by atoms with Crippen LogP contribution in [0.1, 0.15) is 5.56 Å². The van der Waals surface area contributed by atoms with E-state index in [0.717, 1.165) is 12.3 Å². The van der Waals surface area contributed by atoms with Gasteiger partial charge in [-0.15, -0.1) is 5.10 Å². The van der Waals surface area contributed by atoms with Gasteiger partial charge in [0.05, 0.1) is 17.3 Å². The number of nitrogens with zero attached hydrogens (tertiary/aromatic N) is 3. The van der Waals surface area contributed by atoms with E-state index in [2.05, 4.69) is 15.2 Å². The van der Waals surface area contributed by atoms with Crippen LogP contribution in [0.25, 0.3) is 10.9 Å². The summed E-state index contributed by atoms with van der Waals surface area (Å²) in [6, 6.07) is 4.17. The fourth-order valence-electron chi connectivity index (χ4n) is 1.44. The Morgan fingerprint density at radius 2 is 2.11 bits per heavy atom. The van der Waals surface area contributed by atoms with Crippen molar-refractivity contribution < 1.29 is 8.78 Å². The smallest absolute Gasteiger partial charge is 0.211 e. The van der Waals surface area contributed by atoms with Gasteiger partial charge >= 0.3 is 0 Å². The van der Waals surface area contributed by atoms with Crippen molar-refractivity contribution in [2.75, 3.05) is 0 Å². The van der Waals surface area contributed by atoms with Gasteiger partial charge in [0, 0.05) is 17.6 Å². The van der Waals surface area contributed by atoms with Crippen LogP contribution < -0.4 is 11.5 Å². The van der Waals surface area contributed by atoms with Crippen molar-refractivity contribution in [3.05, 3.63) is 41.6 Å². The Kier molecular flexibility index (Phi) is 3.13. The summed E-state index contributed by atoms with van der Waals surface area (Å²) < 4.78 is 27.6. The summed E-state index contributed by atoms with van der Waals surface area (Å²) in [6.45, 7) is 0. The predicted molar refractivity (Wildman–Crippen MR) is 65.1 cm³/mol. The molecule has 1 aromatic heterocycles. The zero-order valence-corrected chi connectivity index (χ0v) is 9.14. The molecule has 0 spiro atoms. The summed E-state index contributed by atoms with van der Waals surface area (Å²) in [7, 11) is 0. The number of hydrogen-bond acceptors (Lipinski definition) is 3. The predicted octanol–water partition coefficient (Wildman–Crippen LogP) is 1.12. The van der Waals surface area contributed by atoms with Gasteiger partial charge in [-0.25, -0.2) is 8.78 Å². The van der Waals surface area contributed by atoms with Crippen molar-refractivity contribution in [1.82, 2.24) is 4.98 Å². The van der Waals surface area contributed by atoms with E-state index >= 15 is 0 Å². The van der Waals surface area contributed by atoms with Crippen LogP contribution in [-0.4, -0.2) is 17.2 Å². The standard InChI is InChI=1S/C11H9F2N5/c12-8-4-9-6(2-1-3-16-9)10(13)7(8)5-17-18-11(14)15/h1-5H,(H4,14,15,18). The molecular weight excluding hydrogens is 240 g/mol. The minimum Gasteiger partial charge on any atom is -0.369 e. The second kappa shape index (κ2) is 4.74. The van der Waals surface area contributed by atoms with Crippen LogP contribution >= 0.6 is 0 Å². The summed E-state index contributed by atoms with van der Waals surface area (Å²) in [5, 5.41) is 6.86. The Morgan fingerprint density at radius 1 is 1.33 bits per heavy atom. The van der Waals surface area contributed by atoms with Gasteiger partial charge in [0.25, 0.3) is 0 Å². The normalized spacial score (nSPS) is 11.0. The van der Waals surface area contributed by atoms with Gasteiger partial charge in [-0.2, -0.15) is 5.10 Å². The number of rotatable bonds is 2. The lowest BCUT2D eigenvalue weighted by molar-refractivity contribution is 0.588. The summed E-state index contributed by atoms with van der Waals surface area (Å²) in [6.07, 6.45) is 2.37. The van der Waals surface area contributed by atoms with Crippen LogP contribution in [0.15, 0.2) is 34.6 Å². The first-order valence-electron chi connectivity index (χ1n) is 4.94. The van der Waals surface area contributed by atoms with Gasteiger partial charge in [-0.1, -0.05) is 0 Å². The highest BCUT2D eigenvalue weighted by Crippen LogP contribution is 2.21. The maximum atomic E-state index is 14.0. The number of pyridine rings is 1. The molecule has 0 unspecified atom stereocenters. The molecule has 5 nitrogen and oxygen atoms in total. The van der Waals surface area contributed by atoms with Crippen molar-refractivity contribution in [2.45, 2.75) is 0 Å². The minimum atomic E-state index is -0.784. The third-order valence-corrected chi connectivity index (χ3v) is 2.19. The zero-order chi connectivity index (χ0) is 13.1. The molecule has 0 atom stereocenters. The molecule has 0 saturated carbocycles. The topological polar surface area (TPSA) is 89.7 Å². The molecule has 0 saturated heterocycles. The molecule has 2 aromatic rings. The Morgan fingerprint density at radius 3 is 2.83 bits per heavy atom. The van der Waals surface area contributed by atoms with Gasteiger partial charge in [-0.05, 0) is 12.1 Å². The summed E-state index contributed by atoms with van der Waals surface area (Å²) in [5.74, 6) is -1.84. The van der Waals surface area contributed by atoms with Crippen LogP contribution in [0.2, 0.25) is 0 Å². The van der Waals surface area contributed by atoms with Crippen molar-refractivity contribution in [3.8, 4) is 0 Å². The van der Waals surface area contributed by atoms with E-state index in [1.165, 1.54) is 12.3 Å². The van der Waals surface area contributed by atoms with E-state index in [1.54, 1.807) is 6.07 Å². The third-order valence-electron chi connectivity index (χ3n) is 2.19. The number of halogens is 2. The molecule has 2 rings (SSSR count). The van der Waals surface area contributed by atoms with Crippen molar-refractivity contribution in [2.24, 2.45) is 21.7 Å². The van der Waals surface area contributed by atoms with Crippen LogP contribution in [0.3, 0.4) is 0 Å². The molecule has 0 aliphatic carbocycles. The first-order chi connectivity index (χ1) is 8.59. The number of hydrogen-bond donors (Lipinski definition) is 2. The van der Waals surface area contributed by atoms with Gasteiger partial charge in [0.1, 0.15) is 11.6 Å². The third kappa shape index (κ3) is 2.24. The molecule has 1 aromatic carbocycles. The number of nitrogens with two attached hydrogens (primary N) is 2. The highest BCUT2D eigenvalue weighted by molar-refractivity contribution is 5.90. The van der Waals surface area contributed by atoms with Gasteiger partial charge in [-0.3, -0.25) is 4.98 Å². The van der Waals surface area contributed by atoms with E-state index in [9.17, 15) is 8.78 Å². The fraction of sp³-hybridized carbons (Fsp3) is 0. The monoisotopic (exact) mass is 249 g/mol. The van der Waals surface area contributed by atoms with Crippen LogP contribution in [-0.2, 0) is 0 Å².